The molecule has 2 aromatic rings. The van der Waals surface area contributed by atoms with Gasteiger partial charge in [0.1, 0.15) is 37.8 Å². The van der Waals surface area contributed by atoms with Crippen molar-refractivity contribution in [2.75, 3.05) is 18.5 Å². The topological polar surface area (TPSA) is 267 Å². The average molecular weight is 572 g/mol. The van der Waals surface area contributed by atoms with E-state index in [-0.39, 0.29) is 23.4 Å². The van der Waals surface area contributed by atoms with Gasteiger partial charge in [-0.15, -0.1) is 0 Å². The summed E-state index contributed by atoms with van der Waals surface area (Å²) in [4.78, 5) is 47.4. The van der Waals surface area contributed by atoms with Crippen LogP contribution in [0.15, 0.2) is 12.7 Å². The van der Waals surface area contributed by atoms with Gasteiger partial charge in [-0.3, -0.25) is 18.0 Å². The molecule has 7 atom stereocenters. The lowest BCUT2D eigenvalue weighted by Crippen LogP contribution is -2.34. The zero-order valence-corrected chi connectivity index (χ0v) is 21.6. The second-order valence-corrected chi connectivity index (χ2v) is 12.9. The summed E-state index contributed by atoms with van der Waals surface area (Å²) in [6.07, 6.45) is -2.22. The number of rotatable bonds is 13. The first kappa shape index (κ1) is 29.2. The van der Waals surface area contributed by atoms with Crippen molar-refractivity contribution in [3.05, 3.63) is 12.7 Å². The van der Waals surface area contributed by atoms with Crippen LogP contribution >= 0.6 is 23.2 Å². The Morgan fingerprint density at radius 2 is 1.78 bits per heavy atom. The van der Waals surface area contributed by atoms with E-state index in [1.54, 1.807) is 0 Å². The molecule has 0 radical (unpaired) electrons. The van der Waals surface area contributed by atoms with Crippen LogP contribution in [0.1, 0.15) is 38.8 Å². The van der Waals surface area contributed by atoms with Crippen molar-refractivity contribution in [3.8, 4) is 0 Å². The molecule has 0 bridgehead atoms. The Hall–Kier alpha value is -1.32. The molecule has 20 heteroatoms. The van der Waals surface area contributed by atoms with Crippen LogP contribution in [0.5, 0.6) is 0 Å². The van der Waals surface area contributed by atoms with E-state index in [4.69, 9.17) is 10.5 Å². The molecule has 1 aliphatic heterocycles. The van der Waals surface area contributed by atoms with Gasteiger partial charge < -0.3 is 44.5 Å². The summed E-state index contributed by atoms with van der Waals surface area (Å²) >= 11 is 0. The van der Waals surface area contributed by atoms with Crippen LogP contribution in [-0.2, 0) is 31.6 Å². The Morgan fingerprint density at radius 3 is 2.47 bits per heavy atom. The Kier molecular flexibility index (Phi) is 9.42. The van der Waals surface area contributed by atoms with Crippen LogP contribution in [0.4, 0.5) is 5.82 Å². The smallest absolute Gasteiger partial charge is 0.279 e. The molecular weight excluding hydrogens is 547 g/mol. The molecule has 1 fully saturated rings. The van der Waals surface area contributed by atoms with Gasteiger partial charge in [-0.2, -0.15) is 0 Å². The molecule has 17 nitrogen and oxygen atoms in total. The minimum atomic E-state index is -5.88. The Morgan fingerprint density at radius 1 is 1.06 bits per heavy atom. The molecule has 204 valence electrons. The first-order chi connectivity index (χ1) is 16.8. The van der Waals surface area contributed by atoms with Crippen LogP contribution < -0.4 is 20.4 Å². The minimum Gasteiger partial charge on any atom is -0.778 e. The summed E-state index contributed by atoms with van der Waals surface area (Å²) in [6.45, 7) is 0.894. The number of hydrogen-bond acceptors (Lipinski definition) is 16. The third-order valence-corrected chi connectivity index (χ3v) is 9.83. The van der Waals surface area contributed by atoms with Crippen LogP contribution in [-0.4, -0.2) is 60.8 Å². The lowest BCUT2D eigenvalue weighted by atomic mass is 10.1. The van der Waals surface area contributed by atoms with Gasteiger partial charge in [0.15, 0.2) is 17.7 Å². The maximum absolute atomic E-state index is 12.0. The van der Waals surface area contributed by atoms with Crippen LogP contribution in [0, 0.1) is 0 Å². The molecule has 1 aliphatic rings. The molecule has 0 saturated carbocycles. The zero-order chi connectivity index (χ0) is 26.7. The second kappa shape index (κ2) is 11.6. The fraction of sp³-hybridized carbons (Fsp3) is 0.688. The van der Waals surface area contributed by atoms with E-state index in [9.17, 15) is 38.6 Å². The number of hydrogen-bond donors (Lipinski definition) is 3. The molecule has 2 aromatic heterocycles. The van der Waals surface area contributed by atoms with E-state index < -0.39 is 60.5 Å². The molecule has 3 rings (SSSR count). The maximum atomic E-state index is 12.0. The number of phosphoric acid groups is 2. The summed E-state index contributed by atoms with van der Waals surface area (Å²) in [5, 5.41) is 20.6. The van der Waals surface area contributed by atoms with Gasteiger partial charge >= 0.3 is 0 Å². The number of ether oxygens (including phenoxy) is 1. The second-order valence-electron chi connectivity index (χ2n) is 7.88. The molecule has 0 aliphatic carbocycles. The van der Waals surface area contributed by atoms with Crippen LogP contribution in [0.25, 0.3) is 11.2 Å². The molecule has 36 heavy (non-hydrogen) atoms. The number of nitrogen functional groups attached to an aromatic ring is 1. The predicted molar refractivity (Wildman–Crippen MR) is 116 cm³/mol. The summed E-state index contributed by atoms with van der Waals surface area (Å²) in [5.74, 6) is 0.0453. The van der Waals surface area contributed by atoms with Gasteiger partial charge in [0, 0.05) is 6.16 Å². The Bertz CT molecular complexity index is 1200. The normalized spacial score (nSPS) is 27.5. The maximum Gasteiger partial charge on any atom is 0.279 e. The zero-order valence-electron chi connectivity index (χ0n) is 18.9. The van der Waals surface area contributed by atoms with Gasteiger partial charge in [0.2, 0.25) is 0 Å². The number of nitrogens with zero attached hydrogens (tertiary/aromatic N) is 4. The number of anilines is 1. The quantitative estimate of drug-likeness (QED) is 0.195. The molecule has 0 spiro atoms. The van der Waals surface area contributed by atoms with Gasteiger partial charge in [0.05, 0.1) is 12.9 Å². The summed E-state index contributed by atoms with van der Waals surface area (Å²) in [6, 6.07) is 0. The Labute approximate surface area is 205 Å². The molecule has 0 amide bonds. The number of aliphatic hydroxyl groups is 2. The first-order valence-electron chi connectivity index (χ1n) is 10.7. The Balaban J connectivity index is 1.59. The van der Waals surface area contributed by atoms with Crippen molar-refractivity contribution in [3.63, 3.8) is 0 Å². The first-order valence-corrected chi connectivity index (χ1v) is 15.3. The fourth-order valence-electron chi connectivity index (χ4n) is 3.40. The highest BCUT2D eigenvalue weighted by atomic mass is 31.3. The van der Waals surface area contributed by atoms with Crippen molar-refractivity contribution >= 4 is 40.2 Å². The third kappa shape index (κ3) is 7.38. The standard InChI is InChI=1S/C16H28N5O12P3/c1-2-3-4-5-6-34(24,25)32-36(28,29)33-35(26,27)30-7-10-12(22)13(23)16(31-10)21-9-20-11-14(17)18-8-19-15(11)21/h8-10,12-13,16,22-23H,2-7H2,1H3,(H,24,25)(H,26,27)(H,28,29)(H2,17,18,19)/p-3/t10-,12?,13+,16-/m1/s1. The van der Waals surface area contributed by atoms with Crippen molar-refractivity contribution < 1.29 is 56.5 Å². The van der Waals surface area contributed by atoms with Crippen molar-refractivity contribution in [2.45, 2.75) is 57.1 Å². The van der Waals surface area contributed by atoms with Crippen molar-refractivity contribution in [2.24, 2.45) is 0 Å². The number of fused-ring (bicyclic) bond motifs is 1. The monoisotopic (exact) mass is 572 g/mol. The number of imidazole rings is 1. The van der Waals surface area contributed by atoms with Crippen LogP contribution in [0.3, 0.4) is 0 Å². The molecule has 0 aromatic carbocycles. The molecule has 4 unspecified atom stereocenters. The lowest BCUT2D eigenvalue weighted by Gasteiger charge is -2.35. The fourth-order valence-corrected chi connectivity index (χ4v) is 7.45. The summed E-state index contributed by atoms with van der Waals surface area (Å²) < 4.78 is 54.5. The highest BCUT2D eigenvalue weighted by molar-refractivity contribution is 7.66. The average Bonchev–Trinajstić information content (AvgIpc) is 3.31. The predicted octanol–water partition coefficient (Wildman–Crippen LogP) is -0.852. The number of unbranched alkanes of at least 4 members (excludes halogenated alkanes) is 3. The van der Waals surface area contributed by atoms with E-state index in [0.29, 0.717) is 6.42 Å². The van der Waals surface area contributed by atoms with E-state index in [1.165, 1.54) is 10.9 Å². The van der Waals surface area contributed by atoms with E-state index in [0.717, 1.165) is 19.2 Å². The van der Waals surface area contributed by atoms with Crippen LogP contribution in [0.2, 0.25) is 0 Å². The SMILES string of the molecule is CCCCCCP(=O)([O-])OP(=O)([O-])OP(=O)([O-])OC[C@H]1O[C@@H](n2cnc3c(N)ncnc32)[C@@H](O)C1O. The summed E-state index contributed by atoms with van der Waals surface area (Å²) in [5.41, 5.74) is 6.04. The number of phosphoric ester groups is 1. The largest absolute Gasteiger partial charge is 0.778 e. The molecule has 1 saturated heterocycles. The van der Waals surface area contributed by atoms with Crippen molar-refractivity contribution in [1.29, 1.82) is 0 Å². The van der Waals surface area contributed by atoms with Gasteiger partial charge in [-0.1, -0.05) is 26.2 Å². The number of nitrogens with two attached hydrogens (primary N) is 1. The van der Waals surface area contributed by atoms with Crippen molar-refractivity contribution in [1.82, 2.24) is 19.5 Å². The lowest BCUT2D eigenvalue weighted by molar-refractivity contribution is -0.246. The molecular formula is C16H25N5O12P3-3. The van der Waals surface area contributed by atoms with E-state index in [1.807, 2.05) is 6.92 Å². The van der Waals surface area contributed by atoms with E-state index in [2.05, 4.69) is 28.1 Å². The number of aromatic nitrogens is 4. The highest BCUT2D eigenvalue weighted by Gasteiger charge is 2.45. The van der Waals surface area contributed by atoms with Gasteiger partial charge in [-0.25, -0.2) is 19.3 Å². The van der Waals surface area contributed by atoms with E-state index >= 15 is 0 Å². The number of aliphatic hydroxyl groups excluding tert-OH is 2. The highest BCUT2D eigenvalue weighted by Crippen LogP contribution is 2.62. The minimum absolute atomic E-state index is 0.0453. The molecule has 4 N–H and O–H groups in total. The summed E-state index contributed by atoms with van der Waals surface area (Å²) in [7, 11) is -16.5. The third-order valence-electron chi connectivity index (χ3n) is 5.11. The van der Waals surface area contributed by atoms with Gasteiger partial charge in [0.25, 0.3) is 15.6 Å². The van der Waals surface area contributed by atoms with Gasteiger partial charge in [-0.05, 0) is 6.42 Å². The molecule has 3 heterocycles.